The van der Waals surface area contributed by atoms with Gasteiger partial charge in [0.1, 0.15) is 16.3 Å². The monoisotopic (exact) mass is 481 g/mol. The van der Waals surface area contributed by atoms with Crippen LogP contribution in [0.15, 0.2) is 64.6 Å². The Hall–Kier alpha value is -3.03. The predicted molar refractivity (Wildman–Crippen MR) is 130 cm³/mol. The Balaban J connectivity index is 1.33. The van der Waals surface area contributed by atoms with Gasteiger partial charge in [-0.2, -0.15) is 0 Å². The van der Waals surface area contributed by atoms with Crippen LogP contribution in [0, 0.1) is 5.92 Å². The van der Waals surface area contributed by atoms with Crippen molar-refractivity contribution < 1.29 is 14.0 Å². The van der Waals surface area contributed by atoms with E-state index in [1.54, 1.807) is 23.7 Å². The van der Waals surface area contributed by atoms with Crippen molar-refractivity contribution in [3.8, 4) is 0 Å². The summed E-state index contributed by atoms with van der Waals surface area (Å²) in [5.41, 5.74) is 1.68. The largest absolute Gasteiger partial charge is 0.467 e. The molecule has 5 rings (SSSR count). The lowest BCUT2D eigenvalue weighted by atomic mass is 9.97. The Morgan fingerprint density at radius 1 is 1.18 bits per heavy atom. The number of carbonyl (C=O) groups excluding carboxylic acids is 2. The van der Waals surface area contributed by atoms with Gasteiger partial charge in [-0.3, -0.25) is 9.59 Å². The minimum absolute atomic E-state index is 0.0380. The van der Waals surface area contributed by atoms with Crippen LogP contribution in [-0.2, 0) is 17.9 Å². The molecular weight excluding hydrogens is 458 g/mol. The molecule has 6 nitrogen and oxygen atoms in total. The molecule has 33 heavy (non-hydrogen) atoms. The van der Waals surface area contributed by atoms with E-state index in [9.17, 15) is 9.59 Å². The normalized spacial score (nSPS) is 16.3. The molecule has 4 heterocycles. The molecule has 1 atom stereocenters. The number of amides is 2. The third kappa shape index (κ3) is 4.70. The zero-order chi connectivity index (χ0) is 22.8. The average molecular weight is 482 g/mol. The third-order valence-electron chi connectivity index (χ3n) is 6.05. The molecule has 1 aromatic carbocycles. The van der Waals surface area contributed by atoms with Crippen molar-refractivity contribution in [3.05, 3.63) is 82.2 Å². The number of halogens is 1. The standard InChI is InChI=1S/C25H24ClN3O3S/c26-20-6-1-4-17(12-20)15-29-22(13-18-8-11-33-25(18)29)24(31)28-9-2-5-19(16-28)23(30)27-14-21-7-3-10-32-21/h1,3-4,6-8,10-13,19H,2,5,9,14-16H2,(H,27,30). The minimum atomic E-state index is -0.227. The van der Waals surface area contributed by atoms with E-state index >= 15 is 0 Å². The first kappa shape index (κ1) is 21.8. The van der Waals surface area contributed by atoms with E-state index in [1.165, 1.54) is 0 Å². The third-order valence-corrected chi connectivity index (χ3v) is 7.23. The summed E-state index contributed by atoms with van der Waals surface area (Å²) in [7, 11) is 0. The van der Waals surface area contributed by atoms with Crippen LogP contribution in [0.25, 0.3) is 10.2 Å². The topological polar surface area (TPSA) is 67.5 Å². The minimum Gasteiger partial charge on any atom is -0.467 e. The van der Waals surface area contributed by atoms with Crippen LogP contribution in [0.1, 0.15) is 34.7 Å². The number of aromatic nitrogens is 1. The van der Waals surface area contributed by atoms with Gasteiger partial charge in [-0.25, -0.2) is 0 Å². The van der Waals surface area contributed by atoms with Crippen molar-refractivity contribution in [1.29, 1.82) is 0 Å². The van der Waals surface area contributed by atoms with Gasteiger partial charge in [-0.1, -0.05) is 23.7 Å². The van der Waals surface area contributed by atoms with E-state index in [1.807, 2.05) is 52.7 Å². The van der Waals surface area contributed by atoms with Gasteiger partial charge in [0.15, 0.2) is 0 Å². The summed E-state index contributed by atoms with van der Waals surface area (Å²) in [6.07, 6.45) is 3.16. The number of benzene rings is 1. The number of rotatable bonds is 6. The maximum Gasteiger partial charge on any atom is 0.270 e. The second-order valence-electron chi connectivity index (χ2n) is 8.31. The van der Waals surface area contributed by atoms with E-state index in [2.05, 4.69) is 9.88 Å². The molecule has 0 bridgehead atoms. The first-order valence-electron chi connectivity index (χ1n) is 11.0. The van der Waals surface area contributed by atoms with Gasteiger partial charge in [0.25, 0.3) is 5.91 Å². The summed E-state index contributed by atoms with van der Waals surface area (Å²) in [4.78, 5) is 29.2. The molecule has 0 aliphatic carbocycles. The van der Waals surface area contributed by atoms with Crippen LogP contribution in [0.3, 0.4) is 0 Å². The molecule has 1 aliphatic rings. The lowest BCUT2D eigenvalue weighted by Gasteiger charge is -2.32. The zero-order valence-corrected chi connectivity index (χ0v) is 19.6. The van der Waals surface area contributed by atoms with Gasteiger partial charge in [0.2, 0.25) is 5.91 Å². The summed E-state index contributed by atoms with van der Waals surface area (Å²) in [5.74, 6) is 0.407. The maximum absolute atomic E-state index is 13.6. The number of likely N-dealkylation sites (tertiary alicyclic amines) is 1. The molecular formula is C25H24ClN3O3S. The SMILES string of the molecule is O=C(NCc1ccco1)C1CCCN(C(=O)c2cc3ccsc3n2Cc2cccc(Cl)c2)C1. The highest BCUT2D eigenvalue weighted by atomic mass is 35.5. The molecule has 8 heteroatoms. The van der Waals surface area contributed by atoms with Gasteiger partial charge in [0, 0.05) is 30.0 Å². The van der Waals surface area contributed by atoms with Crippen LogP contribution in [0.5, 0.6) is 0 Å². The molecule has 0 saturated carbocycles. The number of furan rings is 1. The Kier molecular flexibility index (Phi) is 6.24. The highest BCUT2D eigenvalue weighted by Gasteiger charge is 2.30. The Morgan fingerprint density at radius 2 is 2.09 bits per heavy atom. The van der Waals surface area contributed by atoms with E-state index < -0.39 is 0 Å². The fourth-order valence-electron chi connectivity index (χ4n) is 4.40. The molecule has 1 fully saturated rings. The first-order valence-corrected chi connectivity index (χ1v) is 12.2. The van der Waals surface area contributed by atoms with E-state index in [4.69, 9.17) is 16.0 Å². The van der Waals surface area contributed by atoms with Crippen LogP contribution in [-0.4, -0.2) is 34.4 Å². The number of fused-ring (bicyclic) bond motifs is 1. The van der Waals surface area contributed by atoms with Crippen molar-refractivity contribution in [2.45, 2.75) is 25.9 Å². The molecule has 1 aliphatic heterocycles. The Morgan fingerprint density at radius 3 is 2.91 bits per heavy atom. The first-order chi connectivity index (χ1) is 16.1. The Labute approximate surface area is 200 Å². The lowest BCUT2D eigenvalue weighted by molar-refractivity contribution is -0.126. The molecule has 4 aromatic rings. The number of piperidine rings is 1. The van der Waals surface area contributed by atoms with E-state index in [-0.39, 0.29) is 17.7 Å². The molecule has 2 amide bonds. The van der Waals surface area contributed by atoms with Crippen LogP contribution in [0.4, 0.5) is 0 Å². The van der Waals surface area contributed by atoms with Gasteiger partial charge in [-0.05, 0) is 60.2 Å². The number of thiophene rings is 1. The molecule has 0 spiro atoms. The average Bonchev–Trinajstić information content (AvgIpc) is 3.56. The number of hydrogen-bond donors (Lipinski definition) is 1. The summed E-state index contributed by atoms with van der Waals surface area (Å²) in [6.45, 7) is 1.98. The van der Waals surface area contributed by atoms with Crippen LogP contribution >= 0.6 is 22.9 Å². The molecule has 1 saturated heterocycles. The van der Waals surface area contributed by atoms with Crippen molar-refractivity contribution >= 4 is 45.0 Å². The maximum atomic E-state index is 13.6. The second-order valence-corrected chi connectivity index (χ2v) is 9.65. The molecule has 170 valence electrons. The number of hydrogen-bond acceptors (Lipinski definition) is 4. The van der Waals surface area contributed by atoms with Crippen LogP contribution < -0.4 is 5.32 Å². The highest BCUT2D eigenvalue weighted by Crippen LogP contribution is 2.29. The van der Waals surface area contributed by atoms with Gasteiger partial charge >= 0.3 is 0 Å². The fraction of sp³-hybridized carbons (Fsp3) is 0.280. The Bertz CT molecular complexity index is 1280. The van der Waals surface area contributed by atoms with Crippen molar-refractivity contribution in [1.82, 2.24) is 14.8 Å². The van der Waals surface area contributed by atoms with Crippen molar-refractivity contribution in [3.63, 3.8) is 0 Å². The molecule has 3 aromatic heterocycles. The summed E-state index contributed by atoms with van der Waals surface area (Å²) >= 11 is 7.80. The molecule has 1 N–H and O–H groups in total. The second kappa shape index (κ2) is 9.45. The van der Waals surface area contributed by atoms with Crippen molar-refractivity contribution in [2.24, 2.45) is 5.92 Å². The quantitative estimate of drug-likeness (QED) is 0.413. The number of carbonyl (C=O) groups is 2. The summed E-state index contributed by atoms with van der Waals surface area (Å²) < 4.78 is 7.35. The molecule has 0 radical (unpaired) electrons. The van der Waals surface area contributed by atoms with Gasteiger partial charge in [0.05, 0.1) is 18.7 Å². The van der Waals surface area contributed by atoms with Crippen molar-refractivity contribution in [2.75, 3.05) is 13.1 Å². The fourth-order valence-corrected chi connectivity index (χ4v) is 5.51. The van der Waals surface area contributed by atoms with E-state index in [0.717, 1.165) is 28.6 Å². The molecule has 1 unspecified atom stereocenters. The summed E-state index contributed by atoms with van der Waals surface area (Å²) in [6, 6.07) is 15.3. The predicted octanol–water partition coefficient (Wildman–Crippen LogP) is 5.17. The number of nitrogens with one attached hydrogen (secondary N) is 1. The summed E-state index contributed by atoms with van der Waals surface area (Å²) in [5, 5.41) is 6.70. The number of nitrogens with zero attached hydrogens (tertiary/aromatic N) is 2. The highest BCUT2D eigenvalue weighted by molar-refractivity contribution is 7.16. The smallest absolute Gasteiger partial charge is 0.270 e. The van der Waals surface area contributed by atoms with E-state index in [0.29, 0.717) is 42.7 Å². The van der Waals surface area contributed by atoms with Gasteiger partial charge in [-0.15, -0.1) is 11.3 Å². The van der Waals surface area contributed by atoms with Gasteiger partial charge < -0.3 is 19.2 Å². The van der Waals surface area contributed by atoms with Crippen LogP contribution in [0.2, 0.25) is 5.02 Å². The zero-order valence-electron chi connectivity index (χ0n) is 18.0. The lowest BCUT2D eigenvalue weighted by Crippen LogP contribution is -2.45.